The highest BCUT2D eigenvalue weighted by atomic mass is 28.3. The zero-order valence-electron chi connectivity index (χ0n) is 35.8. The maximum Gasteiger partial charge on any atom is 0.179 e. The number of para-hydroxylation sites is 2. The van der Waals surface area contributed by atoms with Gasteiger partial charge in [-0.2, -0.15) is 0 Å². The third-order valence-corrected chi connectivity index (χ3v) is 18.1. The van der Waals surface area contributed by atoms with Crippen LogP contribution >= 0.6 is 0 Å². The van der Waals surface area contributed by atoms with Crippen molar-refractivity contribution in [1.29, 1.82) is 0 Å². The highest BCUT2D eigenvalue weighted by Gasteiger charge is 2.41. The summed E-state index contributed by atoms with van der Waals surface area (Å²) in [5, 5.41) is 12.9. The molecule has 0 spiro atoms. The number of benzene rings is 11. The van der Waals surface area contributed by atoms with Gasteiger partial charge in [0.2, 0.25) is 0 Å². The predicted molar refractivity (Wildman–Crippen MR) is 280 cm³/mol. The fraction of sp³-hybridized carbons (Fsp3) is 0. The van der Waals surface area contributed by atoms with Crippen LogP contribution < -0.4 is 25.6 Å². The highest BCUT2D eigenvalue weighted by Crippen LogP contribution is 2.45. The predicted octanol–water partition coefficient (Wildman–Crippen LogP) is 13.6. The van der Waals surface area contributed by atoms with E-state index >= 15 is 0 Å². The van der Waals surface area contributed by atoms with Gasteiger partial charge < -0.3 is 9.47 Å². The molecule has 0 atom stereocenters. The molecule has 11 aromatic carbocycles. The van der Waals surface area contributed by atoms with Gasteiger partial charge in [-0.05, 0) is 108 Å². The van der Waals surface area contributed by atoms with Crippen LogP contribution in [-0.4, -0.2) is 12.6 Å². The Hall–Kier alpha value is -8.24. The van der Waals surface area contributed by atoms with Crippen molar-refractivity contribution in [3.05, 3.63) is 267 Å². The minimum absolute atomic E-state index is 1.10. The van der Waals surface area contributed by atoms with Gasteiger partial charge in [-0.25, -0.2) is 0 Å². The number of hydrogen-bond acceptors (Lipinski definition) is 1. The van der Waals surface area contributed by atoms with Gasteiger partial charge in [0.05, 0.1) is 16.7 Å². The summed E-state index contributed by atoms with van der Waals surface area (Å²) in [5.41, 5.74) is 9.20. The molecule has 0 saturated heterocycles. The van der Waals surface area contributed by atoms with Crippen molar-refractivity contribution in [1.82, 2.24) is 4.57 Å². The average molecular weight is 845 g/mol. The maximum absolute atomic E-state index is 2.63. The van der Waals surface area contributed by atoms with E-state index in [1.165, 1.54) is 75.2 Å². The summed E-state index contributed by atoms with van der Waals surface area (Å²) in [7, 11) is -2.63. The lowest BCUT2D eigenvalue weighted by atomic mass is 10.00. The summed E-state index contributed by atoms with van der Waals surface area (Å²) in [6.07, 6.45) is 0. The van der Waals surface area contributed by atoms with Crippen LogP contribution in [0, 0.1) is 0 Å². The molecule has 0 N–H and O–H groups in total. The molecule has 12 aromatic rings. The summed E-state index contributed by atoms with van der Waals surface area (Å²) in [6.45, 7) is 0. The van der Waals surface area contributed by atoms with Crippen LogP contribution in [0.3, 0.4) is 0 Å². The van der Waals surface area contributed by atoms with E-state index in [1.807, 2.05) is 0 Å². The van der Waals surface area contributed by atoms with Crippen molar-refractivity contribution >= 4 is 89.2 Å². The highest BCUT2D eigenvalue weighted by molar-refractivity contribution is 7.19. The molecule has 0 radical (unpaired) electrons. The third kappa shape index (κ3) is 6.47. The molecular weight excluding hydrogens is 801 g/mol. The van der Waals surface area contributed by atoms with E-state index in [-0.39, 0.29) is 0 Å². The molecule has 0 amide bonds. The Morgan fingerprint density at radius 3 is 1.40 bits per heavy atom. The second-order valence-corrected chi connectivity index (χ2v) is 20.7. The van der Waals surface area contributed by atoms with Gasteiger partial charge in [0.1, 0.15) is 0 Å². The number of anilines is 3. The Morgan fingerprint density at radius 1 is 0.308 bits per heavy atom. The normalized spacial score (nSPS) is 11.7. The first kappa shape index (κ1) is 38.4. The zero-order chi connectivity index (χ0) is 43.2. The summed E-state index contributed by atoms with van der Waals surface area (Å²) in [4.78, 5) is 2.46. The molecule has 1 heterocycles. The number of hydrogen-bond donors (Lipinski definition) is 0. The Bertz CT molecular complexity index is 3530. The molecule has 306 valence electrons. The lowest BCUT2D eigenvalue weighted by molar-refractivity contribution is 1.18. The van der Waals surface area contributed by atoms with E-state index in [0.717, 1.165) is 22.7 Å². The molecule has 12 rings (SSSR count). The van der Waals surface area contributed by atoms with Crippen LogP contribution in [0.25, 0.3) is 60.2 Å². The van der Waals surface area contributed by atoms with E-state index in [0.29, 0.717) is 0 Å². The lowest BCUT2D eigenvalue weighted by Crippen LogP contribution is -2.74. The van der Waals surface area contributed by atoms with Gasteiger partial charge in [-0.15, -0.1) is 0 Å². The average Bonchev–Trinajstić information content (AvgIpc) is 3.73. The molecule has 0 bridgehead atoms. The molecule has 0 aliphatic carbocycles. The van der Waals surface area contributed by atoms with Crippen molar-refractivity contribution in [2.24, 2.45) is 0 Å². The van der Waals surface area contributed by atoms with Crippen molar-refractivity contribution in [2.75, 3.05) is 4.90 Å². The minimum Gasteiger partial charge on any atom is -0.310 e. The molecule has 0 aliphatic rings. The molecular formula is C62H44N2Si. The van der Waals surface area contributed by atoms with E-state index < -0.39 is 8.07 Å². The van der Waals surface area contributed by atoms with Gasteiger partial charge in [-0.1, -0.05) is 212 Å². The van der Waals surface area contributed by atoms with E-state index in [9.17, 15) is 0 Å². The van der Waals surface area contributed by atoms with Gasteiger partial charge in [-0.3, -0.25) is 0 Å². The van der Waals surface area contributed by atoms with Gasteiger partial charge >= 0.3 is 0 Å². The second-order valence-electron chi connectivity index (χ2n) is 16.9. The topological polar surface area (TPSA) is 8.17 Å². The fourth-order valence-corrected chi connectivity index (χ4v) is 15.1. The Labute approximate surface area is 380 Å². The van der Waals surface area contributed by atoms with Crippen molar-refractivity contribution in [3.8, 4) is 16.8 Å². The minimum atomic E-state index is -2.63. The first-order valence-corrected chi connectivity index (χ1v) is 24.4. The van der Waals surface area contributed by atoms with Crippen molar-refractivity contribution in [2.45, 2.75) is 0 Å². The third-order valence-electron chi connectivity index (χ3n) is 13.3. The maximum atomic E-state index is 2.46. The summed E-state index contributed by atoms with van der Waals surface area (Å²) < 4.78 is 2.40. The summed E-state index contributed by atoms with van der Waals surface area (Å²) in [5.74, 6) is 0. The van der Waals surface area contributed by atoms with Gasteiger partial charge in [0, 0.05) is 27.8 Å². The van der Waals surface area contributed by atoms with Crippen molar-refractivity contribution < 1.29 is 0 Å². The van der Waals surface area contributed by atoms with Crippen molar-refractivity contribution in [3.63, 3.8) is 0 Å². The standard InChI is InChI=1S/C62H44N2Si/c1-5-19-49(20-6-1)64-59-29-16-15-28-57(59)62-60(30-17-31-61(62)64)63(51-41-36-48-33-32-47-18-13-14-27-56(47)58(48)44-51)50-39-34-45(35-40-50)46-37-42-55(43-38-46)65(52-21-7-2-8-22-52,53-23-9-3-10-24-53)54-25-11-4-12-26-54/h1-44H. The fourth-order valence-electron chi connectivity index (χ4n) is 10.4. The van der Waals surface area contributed by atoms with Crippen LogP contribution in [0.15, 0.2) is 267 Å². The molecule has 0 saturated carbocycles. The Morgan fingerprint density at radius 2 is 0.769 bits per heavy atom. The SMILES string of the molecule is c1ccc(-n2c3ccccc3c3c(N(c4ccc(-c5ccc([Si](c6ccccc6)(c6ccccc6)c6ccccc6)cc5)cc4)c4ccc5ccc6ccccc6c5c4)cccc32)cc1. The molecule has 0 fully saturated rings. The van der Waals surface area contributed by atoms with E-state index in [4.69, 9.17) is 0 Å². The van der Waals surface area contributed by atoms with Gasteiger partial charge in [0.25, 0.3) is 0 Å². The first-order chi connectivity index (χ1) is 32.3. The Kier molecular flexibility index (Phi) is 9.55. The number of fused-ring (bicyclic) bond motifs is 6. The molecule has 0 aliphatic heterocycles. The molecule has 0 unspecified atom stereocenters. The molecule has 2 nitrogen and oxygen atoms in total. The van der Waals surface area contributed by atoms with Crippen LogP contribution in [-0.2, 0) is 0 Å². The smallest absolute Gasteiger partial charge is 0.179 e. The largest absolute Gasteiger partial charge is 0.310 e. The second kappa shape index (κ2) is 16.1. The van der Waals surface area contributed by atoms with Crippen LogP contribution in [0.2, 0.25) is 0 Å². The monoisotopic (exact) mass is 844 g/mol. The molecule has 65 heavy (non-hydrogen) atoms. The number of aromatic nitrogens is 1. The zero-order valence-corrected chi connectivity index (χ0v) is 36.8. The van der Waals surface area contributed by atoms with E-state index in [2.05, 4.69) is 276 Å². The number of rotatable bonds is 9. The lowest BCUT2D eigenvalue weighted by Gasteiger charge is -2.34. The van der Waals surface area contributed by atoms with Crippen LogP contribution in [0.1, 0.15) is 0 Å². The number of nitrogens with zero attached hydrogens (tertiary/aromatic N) is 2. The molecule has 1 aromatic heterocycles. The summed E-state index contributed by atoms with van der Waals surface area (Å²) in [6, 6.07) is 98.4. The summed E-state index contributed by atoms with van der Waals surface area (Å²) >= 11 is 0. The molecule has 3 heteroatoms. The first-order valence-electron chi connectivity index (χ1n) is 22.4. The van der Waals surface area contributed by atoms with E-state index in [1.54, 1.807) is 0 Å². The Balaban J connectivity index is 1.01. The van der Waals surface area contributed by atoms with Crippen LogP contribution in [0.5, 0.6) is 0 Å². The quantitative estimate of drug-likeness (QED) is 0.0798. The van der Waals surface area contributed by atoms with Gasteiger partial charge in [0.15, 0.2) is 8.07 Å². The van der Waals surface area contributed by atoms with Crippen LogP contribution in [0.4, 0.5) is 17.1 Å².